The summed E-state index contributed by atoms with van der Waals surface area (Å²) in [6.45, 7) is 0. The summed E-state index contributed by atoms with van der Waals surface area (Å²) < 4.78 is 0.950. The fourth-order valence-corrected chi connectivity index (χ4v) is 4.49. The topological polar surface area (TPSA) is 25.8 Å². The molecular weight excluding hydrogens is 356 g/mol. The van der Waals surface area contributed by atoms with E-state index in [-0.39, 0.29) is 0 Å². The molecule has 0 aliphatic carbocycles. The Morgan fingerprint density at radius 1 is 0.917 bits per heavy atom. The Hall–Kier alpha value is -1.88. The molecule has 0 radical (unpaired) electrons. The normalized spacial score (nSPS) is 11.0. The maximum atomic E-state index is 6.26. The van der Waals surface area contributed by atoms with Crippen LogP contribution in [0.25, 0.3) is 21.3 Å². The Bertz CT molecular complexity index is 983. The zero-order valence-corrected chi connectivity index (χ0v) is 15.0. The molecule has 4 aromatic rings. The van der Waals surface area contributed by atoms with Gasteiger partial charge in [0.05, 0.1) is 10.2 Å². The smallest absolute Gasteiger partial charge is 0.189 e. The van der Waals surface area contributed by atoms with Crippen molar-refractivity contribution in [2.24, 2.45) is 0 Å². The molecule has 2 aromatic carbocycles. The van der Waals surface area contributed by atoms with Gasteiger partial charge in [0.15, 0.2) is 10.3 Å². The summed E-state index contributed by atoms with van der Waals surface area (Å²) in [4.78, 5) is 9.01. The van der Waals surface area contributed by atoms with Gasteiger partial charge in [-0.15, -0.1) is 11.3 Å². The summed E-state index contributed by atoms with van der Waals surface area (Å²) in [5, 5.41) is 3.24. The maximum absolute atomic E-state index is 6.26. The van der Waals surface area contributed by atoms with Crippen LogP contribution in [-0.4, -0.2) is 9.97 Å². The number of hydrogen-bond acceptors (Lipinski definition) is 4. The molecule has 0 aliphatic heterocycles. The lowest BCUT2D eigenvalue weighted by atomic mass is 10.0. The van der Waals surface area contributed by atoms with Crippen LogP contribution in [0.3, 0.4) is 0 Å². The third-order valence-corrected chi connectivity index (χ3v) is 5.89. The quantitative estimate of drug-likeness (QED) is 0.240. The van der Waals surface area contributed by atoms with Crippen molar-refractivity contribution in [2.45, 2.75) is 10.9 Å². The average Bonchev–Trinajstić information content (AvgIpc) is 3.10. The average molecular weight is 369 g/mol. The van der Waals surface area contributed by atoms with Gasteiger partial charge in [0.25, 0.3) is 0 Å². The van der Waals surface area contributed by atoms with E-state index in [4.69, 9.17) is 11.6 Å². The Labute approximate surface area is 153 Å². The number of aromatic nitrogens is 2. The van der Waals surface area contributed by atoms with Gasteiger partial charge >= 0.3 is 0 Å². The second-order valence-corrected chi connectivity index (χ2v) is 7.46. The number of rotatable bonds is 4. The summed E-state index contributed by atoms with van der Waals surface area (Å²) in [5.74, 6) is 0.803. The molecule has 2 nitrogen and oxygen atoms in total. The summed E-state index contributed by atoms with van der Waals surface area (Å²) in [6.07, 6.45) is 0. The van der Waals surface area contributed by atoms with E-state index < -0.39 is 0 Å². The van der Waals surface area contributed by atoms with Crippen LogP contribution in [-0.2, 0) is 5.75 Å². The fourth-order valence-electron chi connectivity index (χ4n) is 2.56. The van der Waals surface area contributed by atoms with Gasteiger partial charge in [0.1, 0.15) is 0 Å². The summed E-state index contributed by atoms with van der Waals surface area (Å²) in [7, 11) is 0. The van der Waals surface area contributed by atoms with Crippen molar-refractivity contribution in [3.63, 3.8) is 0 Å². The highest BCUT2D eigenvalue weighted by Crippen LogP contribution is 2.32. The zero-order chi connectivity index (χ0) is 16.4. The largest absolute Gasteiger partial charge is 0.222 e. The number of nitrogens with zero attached hydrogens (tertiary/aromatic N) is 2. The molecule has 0 saturated heterocycles. The Balaban J connectivity index is 1.62. The molecule has 2 heterocycles. The SMILES string of the molecule is Clc1nc(SCc2ccccc2-c2ccccc2)nc2ccsc12. The van der Waals surface area contributed by atoms with E-state index in [1.54, 1.807) is 23.1 Å². The third-order valence-electron chi connectivity index (χ3n) is 3.70. The number of benzene rings is 2. The molecule has 118 valence electrons. The lowest BCUT2D eigenvalue weighted by molar-refractivity contribution is 1.01. The highest BCUT2D eigenvalue weighted by molar-refractivity contribution is 7.98. The van der Waals surface area contributed by atoms with Crippen molar-refractivity contribution < 1.29 is 0 Å². The predicted octanol–water partition coefficient (Wildman–Crippen LogP) is 6.30. The van der Waals surface area contributed by atoms with Crippen LogP contribution in [0.2, 0.25) is 5.15 Å². The molecule has 0 atom stereocenters. The highest BCUT2D eigenvalue weighted by atomic mass is 35.5. The van der Waals surface area contributed by atoms with Crippen molar-refractivity contribution in [3.05, 3.63) is 76.8 Å². The standard InChI is InChI=1S/C19H13ClN2S2/c20-18-17-16(10-11-23-17)21-19(22-18)24-12-14-8-4-5-9-15(14)13-6-2-1-3-7-13/h1-11H,12H2. The molecule has 0 spiro atoms. The van der Waals surface area contributed by atoms with E-state index in [0.717, 1.165) is 16.0 Å². The minimum atomic E-state index is 0.536. The molecule has 0 aliphatic rings. The van der Waals surface area contributed by atoms with E-state index in [1.807, 2.05) is 17.5 Å². The van der Waals surface area contributed by atoms with Gasteiger partial charge in [-0.3, -0.25) is 0 Å². The van der Waals surface area contributed by atoms with Gasteiger partial charge in [-0.1, -0.05) is 78.0 Å². The second kappa shape index (κ2) is 6.93. The van der Waals surface area contributed by atoms with Crippen LogP contribution in [0.1, 0.15) is 5.56 Å². The second-order valence-electron chi connectivity index (χ2n) is 5.24. The van der Waals surface area contributed by atoms with Crippen LogP contribution < -0.4 is 0 Å². The van der Waals surface area contributed by atoms with Crippen molar-refractivity contribution in [2.75, 3.05) is 0 Å². The van der Waals surface area contributed by atoms with Gasteiger partial charge < -0.3 is 0 Å². The lowest BCUT2D eigenvalue weighted by Gasteiger charge is -2.09. The number of thioether (sulfide) groups is 1. The van der Waals surface area contributed by atoms with E-state index in [0.29, 0.717) is 10.3 Å². The number of hydrogen-bond donors (Lipinski definition) is 0. The molecule has 0 N–H and O–H groups in total. The zero-order valence-electron chi connectivity index (χ0n) is 12.6. The molecule has 0 saturated carbocycles. The van der Waals surface area contributed by atoms with E-state index >= 15 is 0 Å². The molecular formula is C19H13ClN2S2. The first-order chi connectivity index (χ1) is 11.8. The van der Waals surface area contributed by atoms with Crippen LogP contribution in [0, 0.1) is 0 Å². The third kappa shape index (κ3) is 3.18. The molecule has 5 heteroatoms. The molecule has 24 heavy (non-hydrogen) atoms. The maximum Gasteiger partial charge on any atom is 0.189 e. The van der Waals surface area contributed by atoms with Crippen molar-refractivity contribution in [3.8, 4) is 11.1 Å². The number of halogens is 1. The first kappa shape index (κ1) is 15.6. The Morgan fingerprint density at radius 3 is 2.58 bits per heavy atom. The first-order valence-electron chi connectivity index (χ1n) is 7.48. The minimum Gasteiger partial charge on any atom is -0.222 e. The molecule has 0 amide bonds. The molecule has 2 aromatic heterocycles. The van der Waals surface area contributed by atoms with Crippen LogP contribution >= 0.6 is 34.7 Å². The van der Waals surface area contributed by atoms with Gasteiger partial charge in [0.2, 0.25) is 0 Å². The van der Waals surface area contributed by atoms with Gasteiger partial charge in [-0.25, -0.2) is 9.97 Å². The van der Waals surface area contributed by atoms with E-state index in [9.17, 15) is 0 Å². The Kier molecular flexibility index (Phi) is 4.52. The molecule has 0 fully saturated rings. The number of fused-ring (bicyclic) bond motifs is 1. The molecule has 0 unspecified atom stereocenters. The van der Waals surface area contributed by atoms with Crippen LogP contribution in [0.5, 0.6) is 0 Å². The van der Waals surface area contributed by atoms with Crippen LogP contribution in [0.4, 0.5) is 0 Å². The predicted molar refractivity (Wildman–Crippen MR) is 104 cm³/mol. The first-order valence-corrected chi connectivity index (χ1v) is 9.72. The Morgan fingerprint density at radius 2 is 1.71 bits per heavy atom. The highest BCUT2D eigenvalue weighted by Gasteiger charge is 2.10. The van der Waals surface area contributed by atoms with Crippen molar-refractivity contribution in [1.82, 2.24) is 9.97 Å². The minimum absolute atomic E-state index is 0.536. The van der Waals surface area contributed by atoms with Crippen molar-refractivity contribution >= 4 is 44.9 Å². The van der Waals surface area contributed by atoms with E-state index in [2.05, 4.69) is 58.5 Å². The van der Waals surface area contributed by atoms with Gasteiger partial charge in [0, 0.05) is 5.75 Å². The lowest BCUT2D eigenvalue weighted by Crippen LogP contribution is -1.91. The summed E-state index contributed by atoms with van der Waals surface area (Å²) in [6, 6.07) is 20.9. The van der Waals surface area contributed by atoms with E-state index in [1.165, 1.54) is 16.7 Å². The number of thiophene rings is 1. The fraction of sp³-hybridized carbons (Fsp3) is 0.0526. The van der Waals surface area contributed by atoms with Gasteiger partial charge in [-0.05, 0) is 28.1 Å². The van der Waals surface area contributed by atoms with Crippen molar-refractivity contribution in [1.29, 1.82) is 0 Å². The molecule has 4 rings (SSSR count). The molecule has 0 bridgehead atoms. The summed E-state index contributed by atoms with van der Waals surface area (Å²) in [5.41, 5.74) is 4.65. The monoisotopic (exact) mass is 368 g/mol. The van der Waals surface area contributed by atoms with Gasteiger partial charge in [-0.2, -0.15) is 0 Å². The van der Waals surface area contributed by atoms with Crippen LogP contribution in [0.15, 0.2) is 71.2 Å². The summed E-state index contributed by atoms with van der Waals surface area (Å²) >= 11 is 9.44.